The number of anilines is 1. The Morgan fingerprint density at radius 2 is 2.50 bits per heavy atom. The van der Waals surface area contributed by atoms with E-state index in [4.69, 9.17) is 5.11 Å². The van der Waals surface area contributed by atoms with Crippen LogP contribution >= 0.6 is 15.9 Å². The molecule has 0 aliphatic carbocycles. The number of carboxylic acid groups (broad SMARTS) is 1. The second-order valence-electron chi connectivity index (χ2n) is 4.65. The lowest BCUT2D eigenvalue weighted by atomic mass is 10.1. The van der Waals surface area contributed by atoms with Gasteiger partial charge in [-0.15, -0.1) is 0 Å². The standard InChI is InChI=1S/C12H16BrN3O2/c1-16-3-2-8(7-16)5-14-11-10(12(17)18)4-9(13)6-15-11/h4,6,8H,2-3,5,7H2,1H3,(H,14,15)(H,17,18). The van der Waals surface area contributed by atoms with E-state index in [1.165, 1.54) is 0 Å². The van der Waals surface area contributed by atoms with Crippen LogP contribution in [0, 0.1) is 5.92 Å². The molecule has 1 fully saturated rings. The van der Waals surface area contributed by atoms with E-state index >= 15 is 0 Å². The van der Waals surface area contributed by atoms with E-state index in [-0.39, 0.29) is 5.56 Å². The largest absolute Gasteiger partial charge is 0.478 e. The van der Waals surface area contributed by atoms with Gasteiger partial charge >= 0.3 is 5.97 Å². The van der Waals surface area contributed by atoms with Crippen LogP contribution in [0.1, 0.15) is 16.8 Å². The molecule has 2 rings (SSSR count). The van der Waals surface area contributed by atoms with Gasteiger partial charge in [0.2, 0.25) is 0 Å². The van der Waals surface area contributed by atoms with Gasteiger partial charge in [-0.25, -0.2) is 9.78 Å². The van der Waals surface area contributed by atoms with E-state index in [1.807, 2.05) is 0 Å². The molecule has 1 saturated heterocycles. The molecule has 0 saturated carbocycles. The van der Waals surface area contributed by atoms with Gasteiger partial charge in [-0.1, -0.05) is 0 Å². The number of rotatable bonds is 4. The number of nitrogens with one attached hydrogen (secondary N) is 1. The van der Waals surface area contributed by atoms with Crippen molar-refractivity contribution < 1.29 is 9.90 Å². The summed E-state index contributed by atoms with van der Waals surface area (Å²) in [5.74, 6) is 0.0391. The SMILES string of the molecule is CN1CCC(CNc2ncc(Br)cc2C(=O)O)C1. The summed E-state index contributed by atoms with van der Waals surface area (Å²) in [6, 6.07) is 1.57. The summed E-state index contributed by atoms with van der Waals surface area (Å²) in [5.41, 5.74) is 0.204. The number of hydrogen-bond donors (Lipinski definition) is 2. The van der Waals surface area contributed by atoms with Crippen molar-refractivity contribution in [3.8, 4) is 0 Å². The van der Waals surface area contributed by atoms with Crippen molar-refractivity contribution in [3.05, 3.63) is 22.3 Å². The van der Waals surface area contributed by atoms with Crippen LogP contribution in [0.3, 0.4) is 0 Å². The van der Waals surface area contributed by atoms with Gasteiger partial charge in [-0.2, -0.15) is 0 Å². The summed E-state index contributed by atoms with van der Waals surface area (Å²) < 4.78 is 0.672. The summed E-state index contributed by atoms with van der Waals surface area (Å²) in [6.45, 7) is 2.91. The lowest BCUT2D eigenvalue weighted by Crippen LogP contribution is -2.20. The average Bonchev–Trinajstić information content (AvgIpc) is 2.73. The predicted octanol–water partition coefficient (Wildman–Crippen LogP) is 1.91. The monoisotopic (exact) mass is 313 g/mol. The van der Waals surface area contributed by atoms with Crippen LogP contribution in [0.4, 0.5) is 5.82 Å². The number of carboxylic acids is 1. The number of hydrogen-bond acceptors (Lipinski definition) is 4. The van der Waals surface area contributed by atoms with Gasteiger partial charge in [0.05, 0.1) is 0 Å². The molecule has 98 valence electrons. The molecule has 1 aromatic rings. The summed E-state index contributed by atoms with van der Waals surface area (Å²) in [4.78, 5) is 17.5. The van der Waals surface area contributed by atoms with Crippen LogP contribution < -0.4 is 5.32 Å². The molecular formula is C12H16BrN3O2. The number of aromatic carboxylic acids is 1. The summed E-state index contributed by atoms with van der Waals surface area (Å²) in [7, 11) is 2.10. The molecule has 18 heavy (non-hydrogen) atoms. The van der Waals surface area contributed by atoms with Crippen molar-refractivity contribution in [2.45, 2.75) is 6.42 Å². The Balaban J connectivity index is 2.02. The quantitative estimate of drug-likeness (QED) is 0.889. The second kappa shape index (κ2) is 5.67. The zero-order valence-electron chi connectivity index (χ0n) is 10.2. The van der Waals surface area contributed by atoms with Crippen molar-refractivity contribution in [3.63, 3.8) is 0 Å². The van der Waals surface area contributed by atoms with Crippen molar-refractivity contribution in [2.24, 2.45) is 5.92 Å². The molecule has 6 heteroatoms. The first-order valence-electron chi connectivity index (χ1n) is 5.87. The van der Waals surface area contributed by atoms with Gasteiger partial charge in [0.15, 0.2) is 0 Å². The van der Waals surface area contributed by atoms with E-state index in [9.17, 15) is 4.79 Å². The molecule has 2 heterocycles. The van der Waals surface area contributed by atoms with Gasteiger partial charge in [-0.3, -0.25) is 0 Å². The Labute approximate surface area is 114 Å². The van der Waals surface area contributed by atoms with Crippen molar-refractivity contribution in [1.29, 1.82) is 0 Å². The first-order valence-corrected chi connectivity index (χ1v) is 6.67. The van der Waals surface area contributed by atoms with Gasteiger partial charge in [0.1, 0.15) is 11.4 Å². The minimum absolute atomic E-state index is 0.204. The topological polar surface area (TPSA) is 65.5 Å². The Morgan fingerprint density at radius 3 is 3.11 bits per heavy atom. The maximum Gasteiger partial charge on any atom is 0.339 e. The van der Waals surface area contributed by atoms with Crippen LogP contribution in [0.25, 0.3) is 0 Å². The first-order chi connectivity index (χ1) is 8.56. The molecule has 0 radical (unpaired) electrons. The van der Waals surface area contributed by atoms with E-state index in [1.54, 1.807) is 12.3 Å². The maximum atomic E-state index is 11.1. The Morgan fingerprint density at radius 1 is 1.72 bits per heavy atom. The molecular weight excluding hydrogens is 298 g/mol. The highest BCUT2D eigenvalue weighted by molar-refractivity contribution is 9.10. The van der Waals surface area contributed by atoms with E-state index in [0.717, 1.165) is 26.1 Å². The lowest BCUT2D eigenvalue weighted by Gasteiger charge is -2.13. The number of halogens is 1. The molecule has 1 atom stereocenters. The molecule has 2 N–H and O–H groups in total. The summed E-state index contributed by atoms with van der Waals surface area (Å²) >= 11 is 3.23. The molecule has 0 amide bonds. The zero-order valence-corrected chi connectivity index (χ0v) is 11.8. The summed E-state index contributed by atoms with van der Waals surface area (Å²) in [6.07, 6.45) is 2.75. The molecule has 1 aliphatic heterocycles. The maximum absolute atomic E-state index is 11.1. The van der Waals surface area contributed by atoms with Crippen LogP contribution in [-0.2, 0) is 0 Å². The molecule has 5 nitrogen and oxygen atoms in total. The van der Waals surface area contributed by atoms with Crippen LogP contribution in [-0.4, -0.2) is 47.6 Å². The van der Waals surface area contributed by atoms with Gasteiger partial charge in [0.25, 0.3) is 0 Å². The molecule has 0 aromatic carbocycles. The highest BCUT2D eigenvalue weighted by atomic mass is 79.9. The summed E-state index contributed by atoms with van der Waals surface area (Å²) in [5, 5.41) is 12.3. The fourth-order valence-corrected chi connectivity index (χ4v) is 2.51. The highest BCUT2D eigenvalue weighted by Crippen LogP contribution is 2.20. The van der Waals surface area contributed by atoms with Crippen LogP contribution in [0.15, 0.2) is 16.7 Å². The zero-order chi connectivity index (χ0) is 13.1. The van der Waals surface area contributed by atoms with Gasteiger partial charge in [0, 0.05) is 23.8 Å². The third-order valence-corrected chi connectivity index (χ3v) is 3.57. The Hall–Kier alpha value is -1.14. The number of nitrogens with zero attached hydrogens (tertiary/aromatic N) is 2. The third-order valence-electron chi connectivity index (χ3n) is 3.13. The Bertz CT molecular complexity index is 453. The lowest BCUT2D eigenvalue weighted by molar-refractivity contribution is 0.0697. The van der Waals surface area contributed by atoms with E-state index in [2.05, 4.69) is 38.2 Å². The first kappa shape index (κ1) is 13.3. The van der Waals surface area contributed by atoms with Crippen molar-refractivity contribution in [1.82, 2.24) is 9.88 Å². The Kier molecular flexibility index (Phi) is 4.19. The second-order valence-corrected chi connectivity index (χ2v) is 5.57. The fraction of sp³-hybridized carbons (Fsp3) is 0.500. The molecule has 0 spiro atoms. The molecule has 1 aromatic heterocycles. The minimum Gasteiger partial charge on any atom is -0.478 e. The number of aromatic nitrogens is 1. The highest BCUT2D eigenvalue weighted by Gasteiger charge is 2.20. The van der Waals surface area contributed by atoms with Crippen molar-refractivity contribution >= 4 is 27.7 Å². The molecule has 1 unspecified atom stereocenters. The smallest absolute Gasteiger partial charge is 0.339 e. The third kappa shape index (κ3) is 3.20. The van der Waals surface area contributed by atoms with E-state index < -0.39 is 5.97 Å². The van der Waals surface area contributed by atoms with Crippen LogP contribution in [0.5, 0.6) is 0 Å². The normalized spacial score (nSPS) is 20.0. The predicted molar refractivity (Wildman–Crippen MR) is 73.0 cm³/mol. The van der Waals surface area contributed by atoms with Gasteiger partial charge < -0.3 is 15.3 Å². The fourth-order valence-electron chi connectivity index (χ4n) is 2.18. The number of likely N-dealkylation sites (tertiary alicyclic amines) is 1. The number of carbonyl (C=O) groups is 1. The minimum atomic E-state index is -0.963. The van der Waals surface area contributed by atoms with Crippen molar-refractivity contribution in [2.75, 3.05) is 32.0 Å². The average molecular weight is 314 g/mol. The molecule has 1 aliphatic rings. The number of pyridine rings is 1. The van der Waals surface area contributed by atoms with E-state index in [0.29, 0.717) is 16.2 Å². The molecule has 0 bridgehead atoms. The van der Waals surface area contributed by atoms with Crippen LogP contribution in [0.2, 0.25) is 0 Å². The van der Waals surface area contributed by atoms with Gasteiger partial charge in [-0.05, 0) is 47.9 Å².